The number of carboxylic acids is 1. The van der Waals surface area contributed by atoms with Crippen molar-refractivity contribution in [1.82, 2.24) is 4.90 Å². The van der Waals surface area contributed by atoms with Gasteiger partial charge in [-0.25, -0.2) is 0 Å². The molecule has 0 aromatic heterocycles. The minimum absolute atomic E-state index is 0.109. The predicted molar refractivity (Wildman–Crippen MR) is 73.1 cm³/mol. The Hall–Kier alpha value is -1.55. The second-order valence-electron chi connectivity index (χ2n) is 5.46. The second kappa shape index (κ2) is 5.21. The molecular weight excluding hydrogens is 242 g/mol. The molecule has 2 N–H and O–H groups in total. The number of piperidine rings is 1. The van der Waals surface area contributed by atoms with E-state index < -0.39 is 11.5 Å². The Bertz CT molecular complexity index is 474. The number of aromatic hydroxyl groups is 1. The number of likely N-dealkylation sites (tertiary alicyclic amines) is 1. The third kappa shape index (κ3) is 2.45. The van der Waals surface area contributed by atoms with Gasteiger partial charge in [0.15, 0.2) is 0 Å². The van der Waals surface area contributed by atoms with Gasteiger partial charge in [-0.15, -0.1) is 0 Å². The van der Waals surface area contributed by atoms with Crippen LogP contribution in [0.2, 0.25) is 0 Å². The predicted octanol–water partition coefficient (Wildman–Crippen LogP) is 2.78. The average Bonchev–Trinajstić information content (AvgIpc) is 2.39. The Morgan fingerprint density at radius 2 is 2.05 bits per heavy atom. The lowest BCUT2D eigenvalue weighted by Crippen LogP contribution is -2.55. The number of carbonyl (C=O) groups is 1. The molecule has 2 rings (SSSR count). The first-order chi connectivity index (χ1) is 8.97. The van der Waals surface area contributed by atoms with Crippen LogP contribution in [0.3, 0.4) is 0 Å². The van der Waals surface area contributed by atoms with Crippen molar-refractivity contribution in [1.29, 1.82) is 0 Å². The normalized spacial score (nSPS) is 26.0. The van der Waals surface area contributed by atoms with E-state index in [1.807, 2.05) is 24.0 Å². The van der Waals surface area contributed by atoms with E-state index in [-0.39, 0.29) is 11.8 Å². The first-order valence-electron chi connectivity index (χ1n) is 6.75. The first-order valence-corrected chi connectivity index (χ1v) is 6.75. The number of hydrogen-bond donors (Lipinski definition) is 2. The molecule has 19 heavy (non-hydrogen) atoms. The van der Waals surface area contributed by atoms with Crippen LogP contribution in [0.5, 0.6) is 5.75 Å². The molecule has 2 unspecified atom stereocenters. The first kappa shape index (κ1) is 13.9. The molecule has 0 bridgehead atoms. The van der Waals surface area contributed by atoms with Crippen molar-refractivity contribution in [2.24, 2.45) is 0 Å². The summed E-state index contributed by atoms with van der Waals surface area (Å²) in [5.74, 6) is -0.553. The quantitative estimate of drug-likeness (QED) is 0.880. The van der Waals surface area contributed by atoms with Gasteiger partial charge in [0.05, 0.1) is 0 Å². The highest BCUT2D eigenvalue weighted by Gasteiger charge is 2.43. The van der Waals surface area contributed by atoms with E-state index in [9.17, 15) is 15.0 Å². The molecule has 1 aromatic carbocycles. The number of aliphatic carboxylic acids is 1. The number of carboxylic acid groups (broad SMARTS) is 1. The van der Waals surface area contributed by atoms with Crippen LogP contribution in [0, 0.1) is 0 Å². The van der Waals surface area contributed by atoms with E-state index in [1.54, 1.807) is 19.1 Å². The number of rotatable bonds is 3. The number of nitrogens with zero attached hydrogens (tertiary/aromatic N) is 1. The molecule has 1 saturated heterocycles. The van der Waals surface area contributed by atoms with Gasteiger partial charge < -0.3 is 10.2 Å². The lowest BCUT2D eigenvalue weighted by Gasteiger charge is -2.45. The Morgan fingerprint density at radius 3 is 2.68 bits per heavy atom. The van der Waals surface area contributed by atoms with E-state index in [4.69, 9.17) is 0 Å². The molecule has 1 fully saturated rings. The SMILES string of the molecule is CC(c1ccccc1O)N1CCCCC1(C)C(=O)O. The zero-order chi connectivity index (χ0) is 14.0. The summed E-state index contributed by atoms with van der Waals surface area (Å²) in [6.45, 7) is 4.49. The Morgan fingerprint density at radius 1 is 1.37 bits per heavy atom. The van der Waals surface area contributed by atoms with E-state index in [1.165, 1.54) is 0 Å². The number of para-hydroxylation sites is 1. The van der Waals surface area contributed by atoms with Gasteiger partial charge in [0.25, 0.3) is 0 Å². The molecule has 0 radical (unpaired) electrons. The fraction of sp³-hybridized carbons (Fsp3) is 0.533. The van der Waals surface area contributed by atoms with Gasteiger partial charge in [-0.3, -0.25) is 9.69 Å². The summed E-state index contributed by atoms with van der Waals surface area (Å²) in [5.41, 5.74) is -0.0585. The Kier molecular flexibility index (Phi) is 3.80. The smallest absolute Gasteiger partial charge is 0.323 e. The number of phenolic OH excluding ortho intramolecular Hbond substituents is 1. The van der Waals surface area contributed by atoms with Crippen LogP contribution in [-0.4, -0.2) is 33.2 Å². The van der Waals surface area contributed by atoms with Crippen LogP contribution in [-0.2, 0) is 4.79 Å². The van der Waals surface area contributed by atoms with Crippen molar-refractivity contribution in [3.05, 3.63) is 29.8 Å². The Balaban J connectivity index is 2.33. The molecule has 0 saturated carbocycles. The summed E-state index contributed by atoms with van der Waals surface area (Å²) in [5, 5.41) is 19.5. The fourth-order valence-electron chi connectivity index (χ4n) is 3.00. The maximum atomic E-state index is 11.6. The van der Waals surface area contributed by atoms with Gasteiger partial charge >= 0.3 is 5.97 Å². The molecular formula is C15H21NO3. The topological polar surface area (TPSA) is 60.8 Å². The molecule has 0 aliphatic carbocycles. The summed E-state index contributed by atoms with van der Waals surface area (Å²) in [6, 6.07) is 7.04. The van der Waals surface area contributed by atoms with E-state index in [0.717, 1.165) is 24.9 Å². The van der Waals surface area contributed by atoms with Crippen molar-refractivity contribution < 1.29 is 15.0 Å². The van der Waals surface area contributed by atoms with Gasteiger partial charge in [0.2, 0.25) is 0 Å². The van der Waals surface area contributed by atoms with E-state index >= 15 is 0 Å². The molecule has 4 nitrogen and oxygen atoms in total. The summed E-state index contributed by atoms with van der Waals surface area (Å²) in [4.78, 5) is 13.6. The van der Waals surface area contributed by atoms with Crippen LogP contribution in [0.15, 0.2) is 24.3 Å². The highest BCUT2D eigenvalue weighted by molar-refractivity contribution is 5.78. The third-order valence-electron chi connectivity index (χ3n) is 4.26. The van der Waals surface area contributed by atoms with Crippen LogP contribution in [0.1, 0.15) is 44.7 Å². The number of benzene rings is 1. The van der Waals surface area contributed by atoms with Gasteiger partial charge in [-0.2, -0.15) is 0 Å². The molecule has 0 amide bonds. The third-order valence-corrected chi connectivity index (χ3v) is 4.26. The molecule has 1 aromatic rings. The van der Waals surface area contributed by atoms with Crippen LogP contribution >= 0.6 is 0 Å². The lowest BCUT2D eigenvalue weighted by molar-refractivity contribution is -0.155. The summed E-state index contributed by atoms with van der Waals surface area (Å²) in [6.07, 6.45) is 2.59. The molecule has 4 heteroatoms. The van der Waals surface area contributed by atoms with Crippen molar-refractivity contribution >= 4 is 5.97 Å². The molecule has 104 valence electrons. The monoisotopic (exact) mass is 263 g/mol. The highest BCUT2D eigenvalue weighted by Crippen LogP contribution is 2.38. The molecule has 1 aliphatic rings. The zero-order valence-electron chi connectivity index (χ0n) is 11.5. The standard InChI is InChI=1S/C15H21NO3/c1-11(12-7-3-4-8-13(12)17)16-10-6-5-9-15(16,2)14(18)19/h3-4,7-8,11,17H,5-6,9-10H2,1-2H3,(H,18,19). The zero-order valence-corrected chi connectivity index (χ0v) is 11.5. The van der Waals surface area contributed by atoms with Crippen LogP contribution in [0.4, 0.5) is 0 Å². The highest BCUT2D eigenvalue weighted by atomic mass is 16.4. The van der Waals surface area contributed by atoms with Crippen molar-refractivity contribution in [2.75, 3.05) is 6.54 Å². The minimum Gasteiger partial charge on any atom is -0.508 e. The van der Waals surface area contributed by atoms with Gasteiger partial charge in [0.1, 0.15) is 11.3 Å². The maximum Gasteiger partial charge on any atom is 0.323 e. The summed E-state index contributed by atoms with van der Waals surface area (Å²) < 4.78 is 0. The van der Waals surface area contributed by atoms with Gasteiger partial charge in [-0.1, -0.05) is 18.2 Å². The van der Waals surface area contributed by atoms with Crippen molar-refractivity contribution in [3.63, 3.8) is 0 Å². The van der Waals surface area contributed by atoms with E-state index in [0.29, 0.717) is 6.42 Å². The van der Waals surface area contributed by atoms with Crippen LogP contribution < -0.4 is 0 Å². The van der Waals surface area contributed by atoms with E-state index in [2.05, 4.69) is 0 Å². The second-order valence-corrected chi connectivity index (χ2v) is 5.46. The summed E-state index contributed by atoms with van der Waals surface area (Å²) >= 11 is 0. The van der Waals surface area contributed by atoms with Crippen molar-refractivity contribution in [2.45, 2.75) is 44.7 Å². The summed E-state index contributed by atoms with van der Waals surface area (Å²) in [7, 11) is 0. The lowest BCUT2D eigenvalue weighted by atomic mass is 9.86. The largest absolute Gasteiger partial charge is 0.508 e. The molecule has 1 aliphatic heterocycles. The molecule has 0 spiro atoms. The van der Waals surface area contributed by atoms with Gasteiger partial charge in [-0.05, 0) is 45.7 Å². The average molecular weight is 263 g/mol. The van der Waals surface area contributed by atoms with Crippen LogP contribution in [0.25, 0.3) is 0 Å². The molecule has 1 heterocycles. The number of phenols is 1. The van der Waals surface area contributed by atoms with Gasteiger partial charge in [0, 0.05) is 11.6 Å². The fourth-order valence-corrected chi connectivity index (χ4v) is 3.00. The number of hydrogen-bond acceptors (Lipinski definition) is 3. The van der Waals surface area contributed by atoms with Crippen molar-refractivity contribution in [3.8, 4) is 5.75 Å². The Labute approximate surface area is 113 Å². The minimum atomic E-state index is -0.847. The maximum absolute atomic E-state index is 11.6. The molecule has 2 atom stereocenters.